The molecule has 3 rings (SSSR count). The zero-order chi connectivity index (χ0) is 23.0. The highest BCUT2D eigenvalue weighted by Gasteiger charge is 2.33. The van der Waals surface area contributed by atoms with Crippen LogP contribution in [-0.2, 0) is 26.2 Å². The lowest BCUT2D eigenvalue weighted by molar-refractivity contribution is -0.141. The predicted molar refractivity (Wildman–Crippen MR) is 103 cm³/mol. The number of nitrogens with one attached hydrogen (secondary N) is 1. The van der Waals surface area contributed by atoms with Crippen LogP contribution in [0.2, 0.25) is 0 Å². The molecule has 0 saturated carbocycles. The van der Waals surface area contributed by atoms with E-state index in [1.54, 1.807) is 11.6 Å². The summed E-state index contributed by atoms with van der Waals surface area (Å²) < 4.78 is 90.9. The Bertz CT molecular complexity index is 1180. The van der Waals surface area contributed by atoms with Gasteiger partial charge in [-0.25, -0.2) is 21.6 Å². The minimum atomic E-state index is -4.70. The molecule has 0 radical (unpaired) electrons. The van der Waals surface area contributed by atoms with E-state index in [4.69, 9.17) is 0 Å². The molecule has 1 aliphatic heterocycles. The van der Waals surface area contributed by atoms with Crippen LogP contribution < -0.4 is 4.72 Å². The van der Waals surface area contributed by atoms with Gasteiger partial charge in [0.25, 0.3) is 15.9 Å². The van der Waals surface area contributed by atoms with E-state index in [-0.39, 0.29) is 15.8 Å². The number of alkyl halides is 3. The van der Waals surface area contributed by atoms with E-state index in [1.165, 1.54) is 4.31 Å². The Labute approximate surface area is 177 Å². The number of rotatable bonds is 5. The van der Waals surface area contributed by atoms with Crippen molar-refractivity contribution in [1.29, 1.82) is 0 Å². The van der Waals surface area contributed by atoms with Crippen LogP contribution in [0.3, 0.4) is 0 Å². The number of carbonyl (C=O) groups is 1. The fourth-order valence-corrected chi connectivity index (χ4v) is 5.80. The summed E-state index contributed by atoms with van der Waals surface area (Å²) in [6, 6.07) is 5.51. The molecule has 0 aliphatic carbocycles. The van der Waals surface area contributed by atoms with Gasteiger partial charge < -0.3 is 0 Å². The molecule has 13 heteroatoms. The Morgan fingerprint density at radius 2 is 1.68 bits per heavy atom. The summed E-state index contributed by atoms with van der Waals surface area (Å²) in [7, 11) is -8.18. The van der Waals surface area contributed by atoms with E-state index in [0.29, 0.717) is 18.8 Å². The van der Waals surface area contributed by atoms with Gasteiger partial charge in [-0.2, -0.15) is 17.5 Å². The summed E-state index contributed by atoms with van der Waals surface area (Å²) in [5.74, 6) is -1.18. The second-order valence-corrected chi connectivity index (χ2v) is 10.5. The summed E-state index contributed by atoms with van der Waals surface area (Å²) in [4.78, 5) is 14.8. The van der Waals surface area contributed by atoms with Gasteiger partial charge in [0.05, 0.1) is 15.4 Å². The van der Waals surface area contributed by atoms with Crippen molar-refractivity contribution in [3.63, 3.8) is 0 Å². The van der Waals surface area contributed by atoms with Crippen molar-refractivity contribution in [3.05, 3.63) is 53.9 Å². The maximum absolute atomic E-state index is 12.7. The Morgan fingerprint density at radius 3 is 2.16 bits per heavy atom. The zero-order valence-corrected chi connectivity index (χ0v) is 17.8. The van der Waals surface area contributed by atoms with Crippen LogP contribution in [-0.4, -0.2) is 44.6 Å². The van der Waals surface area contributed by atoms with Gasteiger partial charge in [0, 0.05) is 18.8 Å². The van der Waals surface area contributed by atoms with Crippen LogP contribution in [0.15, 0.2) is 52.4 Å². The average Bonchev–Trinajstić information content (AvgIpc) is 3.14. The third-order valence-corrected chi connectivity index (χ3v) is 8.15. The molecular formula is C18H18F3N3O5S2. The van der Waals surface area contributed by atoms with E-state index < -0.39 is 43.4 Å². The number of benzene rings is 1. The van der Waals surface area contributed by atoms with E-state index in [0.717, 1.165) is 43.2 Å². The van der Waals surface area contributed by atoms with Crippen molar-refractivity contribution in [2.24, 2.45) is 0 Å². The van der Waals surface area contributed by atoms with Crippen molar-refractivity contribution >= 4 is 26.0 Å². The molecule has 2 heterocycles. The molecule has 1 aromatic heterocycles. The Morgan fingerprint density at radius 1 is 1.06 bits per heavy atom. The second kappa shape index (κ2) is 8.20. The molecular weight excluding hydrogens is 459 g/mol. The molecule has 1 fully saturated rings. The number of halogens is 3. The Balaban J connectivity index is 1.77. The third kappa shape index (κ3) is 4.88. The number of amides is 1. The molecule has 1 atom stereocenters. The van der Waals surface area contributed by atoms with E-state index in [9.17, 15) is 34.8 Å². The number of aromatic nitrogens is 1. The molecule has 2 aromatic rings. The maximum Gasteiger partial charge on any atom is 0.433 e. The first-order chi connectivity index (χ1) is 14.3. The van der Waals surface area contributed by atoms with E-state index in [2.05, 4.69) is 4.98 Å². The van der Waals surface area contributed by atoms with Crippen LogP contribution >= 0.6 is 0 Å². The van der Waals surface area contributed by atoms with Crippen LogP contribution in [0.1, 0.15) is 35.8 Å². The Hall–Kier alpha value is -2.51. The summed E-state index contributed by atoms with van der Waals surface area (Å²) in [6.07, 6.45) is -2.62. The van der Waals surface area contributed by atoms with E-state index >= 15 is 0 Å². The molecule has 31 heavy (non-hydrogen) atoms. The summed E-state index contributed by atoms with van der Waals surface area (Å²) in [6.45, 7) is 2.16. The first kappa shape index (κ1) is 23.2. The third-order valence-electron chi connectivity index (χ3n) is 4.78. The minimum Gasteiger partial charge on any atom is -0.268 e. The summed E-state index contributed by atoms with van der Waals surface area (Å²) in [5, 5.41) is 0. The molecule has 168 valence electrons. The lowest BCUT2D eigenvalue weighted by Crippen LogP contribution is -2.33. The van der Waals surface area contributed by atoms with Crippen molar-refractivity contribution < 1.29 is 34.8 Å². The molecule has 1 amide bonds. The number of pyridine rings is 1. The fourth-order valence-electron chi connectivity index (χ4n) is 3.13. The number of carbonyl (C=O) groups excluding carboxylic acids is 1. The summed E-state index contributed by atoms with van der Waals surface area (Å²) in [5.41, 5.74) is -1.62. The smallest absolute Gasteiger partial charge is 0.268 e. The standard InChI is InChI=1S/C18H18F3N3O5S2/c1-12-3-2-10-24(12)31(28,29)15-7-5-14(6-8-15)30(26,27)23-17(25)13-4-9-16(22-11-13)18(19,20)21/h4-9,11-12H,2-3,10H2,1H3,(H,23,25). The molecule has 0 bridgehead atoms. The highest BCUT2D eigenvalue weighted by molar-refractivity contribution is 7.90. The van der Waals surface area contributed by atoms with Crippen molar-refractivity contribution in [2.75, 3.05) is 6.54 Å². The largest absolute Gasteiger partial charge is 0.433 e. The number of hydrogen-bond acceptors (Lipinski definition) is 6. The highest BCUT2D eigenvalue weighted by Crippen LogP contribution is 2.28. The van der Waals surface area contributed by atoms with E-state index in [1.807, 2.05) is 0 Å². The molecule has 1 aromatic carbocycles. The first-order valence-electron chi connectivity index (χ1n) is 9.05. The first-order valence-corrected chi connectivity index (χ1v) is 12.0. The van der Waals surface area contributed by atoms with Crippen LogP contribution in [0.4, 0.5) is 13.2 Å². The second-order valence-electron chi connectivity index (χ2n) is 6.94. The van der Waals surface area contributed by atoms with Crippen molar-refractivity contribution in [2.45, 2.75) is 41.8 Å². The van der Waals surface area contributed by atoms with Gasteiger partial charge in [-0.1, -0.05) is 0 Å². The van der Waals surface area contributed by atoms with Gasteiger partial charge in [0.2, 0.25) is 10.0 Å². The molecule has 1 aliphatic rings. The Kier molecular flexibility index (Phi) is 6.13. The molecule has 0 spiro atoms. The monoisotopic (exact) mass is 477 g/mol. The van der Waals surface area contributed by atoms with Gasteiger partial charge in [-0.3, -0.25) is 9.78 Å². The topological polar surface area (TPSA) is 114 Å². The summed E-state index contributed by atoms with van der Waals surface area (Å²) >= 11 is 0. The number of nitrogens with zero attached hydrogens (tertiary/aromatic N) is 2. The number of hydrogen-bond donors (Lipinski definition) is 1. The van der Waals surface area contributed by atoms with Gasteiger partial charge in [-0.05, 0) is 56.2 Å². The van der Waals surface area contributed by atoms with Crippen molar-refractivity contribution in [3.8, 4) is 0 Å². The number of sulfonamides is 2. The minimum absolute atomic E-state index is 0.0848. The van der Waals surface area contributed by atoms with Gasteiger partial charge >= 0.3 is 6.18 Å². The van der Waals surface area contributed by atoms with Crippen molar-refractivity contribution in [1.82, 2.24) is 14.0 Å². The van der Waals surface area contributed by atoms with Gasteiger partial charge in [0.1, 0.15) is 5.69 Å². The SMILES string of the molecule is CC1CCCN1S(=O)(=O)c1ccc(S(=O)(=O)NC(=O)c2ccc(C(F)(F)F)nc2)cc1. The lowest BCUT2D eigenvalue weighted by Gasteiger charge is -2.21. The van der Waals surface area contributed by atoms with Crippen LogP contribution in [0, 0.1) is 0 Å². The maximum atomic E-state index is 12.7. The predicted octanol–water partition coefficient (Wildman–Crippen LogP) is 2.39. The molecule has 1 N–H and O–H groups in total. The van der Waals surface area contributed by atoms with Crippen LogP contribution in [0.25, 0.3) is 0 Å². The normalized spacial score (nSPS) is 18.1. The lowest BCUT2D eigenvalue weighted by atomic mass is 10.2. The molecule has 1 unspecified atom stereocenters. The van der Waals surface area contributed by atoms with Gasteiger partial charge in [0.15, 0.2) is 0 Å². The fraction of sp³-hybridized carbons (Fsp3) is 0.333. The van der Waals surface area contributed by atoms with Gasteiger partial charge in [-0.15, -0.1) is 0 Å². The highest BCUT2D eigenvalue weighted by atomic mass is 32.2. The zero-order valence-electron chi connectivity index (χ0n) is 16.1. The quantitative estimate of drug-likeness (QED) is 0.708. The van der Waals surface area contributed by atoms with Crippen LogP contribution in [0.5, 0.6) is 0 Å². The molecule has 8 nitrogen and oxygen atoms in total. The molecule has 1 saturated heterocycles. The average molecular weight is 477 g/mol.